The Morgan fingerprint density at radius 3 is 2.17 bits per heavy atom. The molecule has 0 aromatic heterocycles. The molecule has 0 atom stereocenters. The number of piperazine rings is 1. The maximum atomic E-state index is 12.8. The minimum Gasteiger partial charge on any atom is -0.496 e. The van der Waals surface area contributed by atoms with Crippen LogP contribution in [0.4, 0.5) is 0 Å². The summed E-state index contributed by atoms with van der Waals surface area (Å²) in [6, 6.07) is 5.62. The summed E-state index contributed by atoms with van der Waals surface area (Å²) in [4.78, 5) is 28.2. The van der Waals surface area contributed by atoms with E-state index in [4.69, 9.17) is 4.74 Å². The van der Waals surface area contributed by atoms with Gasteiger partial charge >= 0.3 is 0 Å². The molecular weight excluding hydrogens is 304 g/mol. The molecule has 0 bridgehead atoms. The lowest BCUT2D eigenvalue weighted by molar-refractivity contribution is -0.132. The van der Waals surface area contributed by atoms with Crippen LogP contribution in [0.25, 0.3) is 0 Å². The van der Waals surface area contributed by atoms with Gasteiger partial charge in [-0.05, 0) is 23.6 Å². The van der Waals surface area contributed by atoms with Crippen LogP contribution in [0.5, 0.6) is 5.75 Å². The molecule has 0 saturated carbocycles. The van der Waals surface area contributed by atoms with Crippen molar-refractivity contribution >= 4 is 11.8 Å². The zero-order chi connectivity index (χ0) is 17.9. The number of hydrogen-bond acceptors (Lipinski definition) is 3. The molecule has 5 heteroatoms. The Morgan fingerprint density at radius 2 is 1.67 bits per heavy atom. The largest absolute Gasteiger partial charge is 0.496 e. The highest BCUT2D eigenvalue weighted by Gasteiger charge is 2.26. The lowest BCUT2D eigenvalue weighted by atomic mass is 9.85. The first kappa shape index (κ1) is 18.3. The van der Waals surface area contributed by atoms with Gasteiger partial charge < -0.3 is 14.5 Å². The molecular formula is C19H28N2O3. The van der Waals surface area contributed by atoms with Gasteiger partial charge in [0.15, 0.2) is 0 Å². The second kappa shape index (κ2) is 7.24. The lowest BCUT2D eigenvalue weighted by Gasteiger charge is -2.35. The molecule has 1 saturated heterocycles. The minimum absolute atomic E-state index is 0.0201. The van der Waals surface area contributed by atoms with Crippen molar-refractivity contribution in [2.75, 3.05) is 33.3 Å². The van der Waals surface area contributed by atoms with Gasteiger partial charge in [-0.3, -0.25) is 9.59 Å². The van der Waals surface area contributed by atoms with Crippen molar-refractivity contribution in [1.82, 2.24) is 9.80 Å². The molecule has 0 aliphatic carbocycles. The zero-order valence-electron chi connectivity index (χ0n) is 15.4. The van der Waals surface area contributed by atoms with Crippen molar-refractivity contribution in [3.05, 3.63) is 29.3 Å². The first-order valence-electron chi connectivity index (χ1n) is 8.53. The predicted molar refractivity (Wildman–Crippen MR) is 94.5 cm³/mol. The minimum atomic E-state index is -0.103. The molecule has 1 heterocycles. The highest BCUT2D eigenvalue weighted by molar-refractivity contribution is 5.95. The molecule has 5 nitrogen and oxygen atoms in total. The zero-order valence-corrected chi connectivity index (χ0v) is 15.4. The van der Waals surface area contributed by atoms with E-state index in [-0.39, 0.29) is 17.2 Å². The average Bonchev–Trinajstić information content (AvgIpc) is 2.59. The van der Waals surface area contributed by atoms with Crippen molar-refractivity contribution in [3.63, 3.8) is 0 Å². The quantitative estimate of drug-likeness (QED) is 0.855. The fraction of sp³-hybridized carbons (Fsp3) is 0.579. The molecule has 0 unspecified atom stereocenters. The van der Waals surface area contributed by atoms with Crippen LogP contribution in [0.3, 0.4) is 0 Å². The normalized spacial score (nSPS) is 15.4. The van der Waals surface area contributed by atoms with E-state index in [1.165, 1.54) is 0 Å². The van der Waals surface area contributed by atoms with Gasteiger partial charge in [-0.25, -0.2) is 0 Å². The number of hydrogen-bond donors (Lipinski definition) is 0. The Balaban J connectivity index is 2.15. The Morgan fingerprint density at radius 1 is 1.08 bits per heavy atom. The van der Waals surface area contributed by atoms with E-state index >= 15 is 0 Å². The summed E-state index contributed by atoms with van der Waals surface area (Å²) in [5.74, 6) is 0.978. The van der Waals surface area contributed by atoms with Gasteiger partial charge in [0.05, 0.1) is 7.11 Å². The molecule has 0 radical (unpaired) electrons. The van der Waals surface area contributed by atoms with Gasteiger partial charge in [-0.15, -0.1) is 0 Å². The summed E-state index contributed by atoms with van der Waals surface area (Å²) >= 11 is 0. The maximum absolute atomic E-state index is 12.8. The number of amides is 2. The summed E-state index contributed by atoms with van der Waals surface area (Å²) in [5, 5.41) is 0. The van der Waals surface area contributed by atoms with Gasteiger partial charge in [-0.2, -0.15) is 0 Å². The summed E-state index contributed by atoms with van der Waals surface area (Å²) in [6.45, 7) is 10.6. The third-order valence-corrected chi connectivity index (χ3v) is 4.48. The topological polar surface area (TPSA) is 49.9 Å². The number of benzene rings is 1. The molecule has 24 heavy (non-hydrogen) atoms. The molecule has 1 aromatic rings. The van der Waals surface area contributed by atoms with Crippen molar-refractivity contribution in [3.8, 4) is 5.75 Å². The summed E-state index contributed by atoms with van der Waals surface area (Å²) < 4.78 is 5.44. The molecule has 0 N–H and O–H groups in total. The first-order valence-corrected chi connectivity index (χ1v) is 8.53. The second-order valence-corrected chi connectivity index (χ2v) is 7.19. The van der Waals surface area contributed by atoms with Crippen LogP contribution in [0, 0.1) is 0 Å². The van der Waals surface area contributed by atoms with Gasteiger partial charge in [0.25, 0.3) is 5.91 Å². The average molecular weight is 332 g/mol. The first-order chi connectivity index (χ1) is 11.3. The Labute approximate surface area is 144 Å². The third kappa shape index (κ3) is 3.89. The van der Waals surface area contributed by atoms with E-state index in [0.717, 1.165) is 11.3 Å². The second-order valence-electron chi connectivity index (χ2n) is 7.19. The maximum Gasteiger partial charge on any atom is 0.253 e. The Bertz CT molecular complexity index is 612. The van der Waals surface area contributed by atoms with Gasteiger partial charge in [0, 0.05) is 43.7 Å². The highest BCUT2D eigenvalue weighted by atomic mass is 16.5. The van der Waals surface area contributed by atoms with Crippen molar-refractivity contribution in [2.45, 2.75) is 39.5 Å². The number of nitrogens with zero attached hydrogens (tertiary/aromatic N) is 2. The molecule has 1 aliphatic rings. The van der Waals surface area contributed by atoms with Crippen LogP contribution >= 0.6 is 0 Å². The molecule has 2 amide bonds. The van der Waals surface area contributed by atoms with Crippen molar-refractivity contribution in [1.29, 1.82) is 0 Å². The number of methoxy groups -OCH3 is 1. The lowest BCUT2D eigenvalue weighted by Crippen LogP contribution is -2.50. The van der Waals surface area contributed by atoms with E-state index in [0.29, 0.717) is 38.2 Å². The highest BCUT2D eigenvalue weighted by Crippen LogP contribution is 2.32. The molecule has 132 valence electrons. The van der Waals surface area contributed by atoms with E-state index in [1.807, 2.05) is 34.9 Å². The van der Waals surface area contributed by atoms with Crippen LogP contribution in [-0.2, 0) is 10.2 Å². The van der Waals surface area contributed by atoms with Gasteiger partial charge in [-0.1, -0.05) is 27.7 Å². The Hall–Kier alpha value is -2.04. The Kier molecular flexibility index (Phi) is 5.52. The summed E-state index contributed by atoms with van der Waals surface area (Å²) in [7, 11) is 1.65. The van der Waals surface area contributed by atoms with Crippen molar-refractivity contribution in [2.24, 2.45) is 0 Å². The van der Waals surface area contributed by atoms with E-state index in [2.05, 4.69) is 20.8 Å². The van der Waals surface area contributed by atoms with Crippen LogP contribution in [-0.4, -0.2) is 54.9 Å². The molecule has 1 aromatic carbocycles. The number of ether oxygens (including phenoxy) is 1. The standard InChI is InChI=1S/C19H28N2O3/c1-6-17(22)20-9-11-21(12-10-20)18(23)14-7-8-16(24-5)15(13-14)19(2,3)4/h7-8,13H,6,9-12H2,1-5H3. The van der Waals surface area contributed by atoms with Crippen LogP contribution in [0.2, 0.25) is 0 Å². The van der Waals surface area contributed by atoms with E-state index in [9.17, 15) is 9.59 Å². The predicted octanol–water partition coefficient (Wildman–Crippen LogP) is 2.69. The third-order valence-electron chi connectivity index (χ3n) is 4.48. The molecule has 1 fully saturated rings. The number of carbonyl (C=O) groups excluding carboxylic acids is 2. The van der Waals surface area contributed by atoms with Gasteiger partial charge in [0.1, 0.15) is 5.75 Å². The fourth-order valence-electron chi connectivity index (χ4n) is 2.99. The number of rotatable bonds is 3. The molecule has 0 spiro atoms. The summed E-state index contributed by atoms with van der Waals surface area (Å²) in [5.41, 5.74) is 1.60. The summed E-state index contributed by atoms with van der Waals surface area (Å²) in [6.07, 6.45) is 0.515. The number of carbonyl (C=O) groups is 2. The monoisotopic (exact) mass is 332 g/mol. The van der Waals surface area contributed by atoms with Crippen molar-refractivity contribution < 1.29 is 14.3 Å². The SMILES string of the molecule is CCC(=O)N1CCN(C(=O)c2ccc(OC)c(C(C)(C)C)c2)CC1. The van der Waals surface area contributed by atoms with Crippen LogP contribution < -0.4 is 4.74 Å². The molecule has 2 rings (SSSR count). The van der Waals surface area contributed by atoms with Crippen LogP contribution in [0.15, 0.2) is 18.2 Å². The van der Waals surface area contributed by atoms with E-state index < -0.39 is 0 Å². The molecule has 1 aliphatic heterocycles. The fourth-order valence-corrected chi connectivity index (χ4v) is 2.99. The van der Waals surface area contributed by atoms with E-state index in [1.54, 1.807) is 7.11 Å². The van der Waals surface area contributed by atoms with Crippen LogP contribution in [0.1, 0.15) is 50.0 Å². The smallest absolute Gasteiger partial charge is 0.253 e. The van der Waals surface area contributed by atoms with Gasteiger partial charge in [0.2, 0.25) is 5.91 Å².